The Morgan fingerprint density at radius 3 is 2.19 bits per heavy atom. The van der Waals surface area contributed by atoms with Crippen molar-refractivity contribution in [3.05, 3.63) is 0 Å². The normalized spacial score (nSPS) is 22.0. The first-order valence-electron chi connectivity index (χ1n) is 11.8. The van der Waals surface area contributed by atoms with Crippen molar-refractivity contribution in [2.24, 2.45) is 29.4 Å². The van der Waals surface area contributed by atoms with E-state index in [9.17, 15) is 19.5 Å². The van der Waals surface area contributed by atoms with E-state index in [0.717, 1.165) is 37.0 Å². The van der Waals surface area contributed by atoms with Crippen molar-refractivity contribution in [1.29, 1.82) is 0 Å². The summed E-state index contributed by atoms with van der Waals surface area (Å²) in [6.45, 7) is 6.66. The van der Waals surface area contributed by atoms with Crippen LogP contribution in [-0.2, 0) is 14.4 Å². The van der Waals surface area contributed by atoms with E-state index in [2.05, 4.69) is 31.4 Å². The number of amides is 2. The third kappa shape index (κ3) is 12.1. The molecule has 2 amide bonds. The molecule has 1 fully saturated rings. The van der Waals surface area contributed by atoms with E-state index < -0.39 is 24.1 Å². The molecule has 0 bridgehead atoms. The van der Waals surface area contributed by atoms with Gasteiger partial charge in [-0.25, -0.2) is 0 Å². The summed E-state index contributed by atoms with van der Waals surface area (Å²) >= 11 is 0. The first-order chi connectivity index (χ1) is 14.6. The summed E-state index contributed by atoms with van der Waals surface area (Å²) in [6.07, 6.45) is 7.10. The number of carboxylic acid groups (broad SMARTS) is 1. The van der Waals surface area contributed by atoms with Crippen molar-refractivity contribution < 1.29 is 24.6 Å². The molecule has 0 aliphatic heterocycles. The number of primary amides is 1. The fourth-order valence-electron chi connectivity index (χ4n) is 4.43. The standard InChI is InChI=1S/C23H43N3O5/c1-15(2)4-5-16(3)18-9-6-17(7-10-18)8-12-21(28)26-19(11-13-22(29)30)23(31)25-14-20(24)27/h15-19,23,25,31H,4-14H2,1-3H3,(H2,24,27)(H,26,28)(H,29,30). The van der Waals surface area contributed by atoms with E-state index in [1.54, 1.807) is 0 Å². The number of carboxylic acids is 1. The zero-order valence-corrected chi connectivity index (χ0v) is 19.4. The molecule has 1 aliphatic rings. The first kappa shape index (κ1) is 27.4. The van der Waals surface area contributed by atoms with Gasteiger partial charge in [-0.1, -0.05) is 46.5 Å². The van der Waals surface area contributed by atoms with Crippen LogP contribution in [0.3, 0.4) is 0 Å². The van der Waals surface area contributed by atoms with Gasteiger partial charge < -0.3 is 21.3 Å². The van der Waals surface area contributed by atoms with E-state index >= 15 is 0 Å². The molecule has 0 spiro atoms. The van der Waals surface area contributed by atoms with Crippen LogP contribution in [0, 0.1) is 23.7 Å². The Morgan fingerprint density at radius 1 is 1.00 bits per heavy atom. The number of hydrogen-bond acceptors (Lipinski definition) is 5. The van der Waals surface area contributed by atoms with Crippen LogP contribution in [0.15, 0.2) is 0 Å². The van der Waals surface area contributed by atoms with E-state index in [4.69, 9.17) is 10.8 Å². The van der Waals surface area contributed by atoms with Gasteiger partial charge in [0.05, 0.1) is 12.6 Å². The van der Waals surface area contributed by atoms with Crippen LogP contribution in [0.25, 0.3) is 0 Å². The third-order valence-corrected chi connectivity index (χ3v) is 6.56. The number of nitrogens with one attached hydrogen (secondary N) is 2. The molecule has 8 heteroatoms. The zero-order chi connectivity index (χ0) is 23.4. The smallest absolute Gasteiger partial charge is 0.303 e. The van der Waals surface area contributed by atoms with Gasteiger partial charge in [-0.15, -0.1) is 0 Å². The fraction of sp³-hybridized carbons (Fsp3) is 0.870. The lowest BCUT2D eigenvalue weighted by molar-refractivity contribution is -0.138. The number of aliphatic carboxylic acids is 1. The predicted octanol–water partition coefficient (Wildman–Crippen LogP) is 2.39. The molecule has 0 aromatic carbocycles. The minimum Gasteiger partial charge on any atom is -0.481 e. The van der Waals surface area contributed by atoms with Crippen LogP contribution < -0.4 is 16.4 Å². The van der Waals surface area contributed by atoms with Gasteiger partial charge >= 0.3 is 5.97 Å². The van der Waals surface area contributed by atoms with Crippen molar-refractivity contribution in [3.8, 4) is 0 Å². The summed E-state index contributed by atoms with van der Waals surface area (Å²) in [5.41, 5.74) is 5.06. The van der Waals surface area contributed by atoms with Gasteiger partial charge in [0, 0.05) is 12.8 Å². The monoisotopic (exact) mass is 441 g/mol. The van der Waals surface area contributed by atoms with E-state index in [-0.39, 0.29) is 25.3 Å². The molecule has 0 radical (unpaired) electrons. The molecule has 0 saturated heterocycles. The number of aliphatic hydroxyl groups excluding tert-OH is 1. The summed E-state index contributed by atoms with van der Waals surface area (Å²) in [5, 5.41) is 24.3. The number of hydrogen-bond donors (Lipinski definition) is 5. The molecule has 31 heavy (non-hydrogen) atoms. The number of rotatable bonds is 15. The highest BCUT2D eigenvalue weighted by Crippen LogP contribution is 2.37. The SMILES string of the molecule is CC(C)CCC(C)C1CCC(CCC(=O)NC(CCC(=O)O)C(O)NCC(N)=O)CC1. The lowest BCUT2D eigenvalue weighted by Gasteiger charge is -2.32. The van der Waals surface area contributed by atoms with Crippen molar-refractivity contribution in [2.75, 3.05) is 6.54 Å². The number of carbonyl (C=O) groups is 3. The Labute approximate surface area is 186 Å². The molecule has 3 unspecified atom stereocenters. The molecule has 180 valence electrons. The van der Waals surface area contributed by atoms with E-state index in [1.807, 2.05) is 0 Å². The minimum absolute atomic E-state index is 0.0629. The lowest BCUT2D eigenvalue weighted by atomic mass is 9.73. The Kier molecular flexibility index (Phi) is 12.7. The molecule has 0 aromatic rings. The summed E-state index contributed by atoms with van der Waals surface area (Å²) in [4.78, 5) is 34.2. The second-order valence-electron chi connectivity index (χ2n) is 9.67. The van der Waals surface area contributed by atoms with Crippen LogP contribution in [0.1, 0.15) is 85.0 Å². The maximum Gasteiger partial charge on any atom is 0.303 e. The van der Waals surface area contributed by atoms with Gasteiger partial charge in [0.25, 0.3) is 0 Å². The second-order valence-corrected chi connectivity index (χ2v) is 9.67. The van der Waals surface area contributed by atoms with Crippen LogP contribution in [0.5, 0.6) is 0 Å². The Bertz CT molecular complexity index is 561. The molecule has 8 nitrogen and oxygen atoms in total. The van der Waals surface area contributed by atoms with Crippen molar-refractivity contribution >= 4 is 17.8 Å². The maximum atomic E-state index is 12.4. The molecular weight excluding hydrogens is 398 g/mol. The van der Waals surface area contributed by atoms with Crippen molar-refractivity contribution in [1.82, 2.24) is 10.6 Å². The van der Waals surface area contributed by atoms with Gasteiger partial charge in [-0.3, -0.25) is 19.7 Å². The highest BCUT2D eigenvalue weighted by atomic mass is 16.4. The minimum atomic E-state index is -1.24. The van der Waals surface area contributed by atoms with E-state index in [0.29, 0.717) is 12.3 Å². The fourth-order valence-corrected chi connectivity index (χ4v) is 4.43. The van der Waals surface area contributed by atoms with Gasteiger partial charge in [0.15, 0.2) is 0 Å². The molecule has 0 aromatic heterocycles. The second kappa shape index (κ2) is 14.4. The van der Waals surface area contributed by atoms with Gasteiger partial charge in [0.2, 0.25) is 11.8 Å². The third-order valence-electron chi connectivity index (χ3n) is 6.56. The first-order valence-corrected chi connectivity index (χ1v) is 11.8. The van der Waals surface area contributed by atoms with Crippen molar-refractivity contribution in [2.45, 2.75) is 97.2 Å². The molecule has 1 rings (SSSR count). The van der Waals surface area contributed by atoms with E-state index in [1.165, 1.54) is 25.7 Å². The van der Waals surface area contributed by atoms with Crippen LogP contribution in [-0.4, -0.2) is 46.8 Å². The molecular formula is C23H43N3O5. The highest BCUT2D eigenvalue weighted by molar-refractivity contribution is 5.77. The number of aliphatic hydroxyl groups is 1. The lowest BCUT2D eigenvalue weighted by Crippen LogP contribution is -2.51. The van der Waals surface area contributed by atoms with Crippen LogP contribution in [0.2, 0.25) is 0 Å². The zero-order valence-electron chi connectivity index (χ0n) is 19.4. The topological polar surface area (TPSA) is 142 Å². The highest BCUT2D eigenvalue weighted by Gasteiger charge is 2.26. The molecule has 3 atom stereocenters. The van der Waals surface area contributed by atoms with Gasteiger partial charge in [-0.05, 0) is 49.4 Å². The molecule has 0 heterocycles. The van der Waals surface area contributed by atoms with Gasteiger partial charge in [0.1, 0.15) is 6.23 Å². The van der Waals surface area contributed by atoms with Crippen molar-refractivity contribution in [3.63, 3.8) is 0 Å². The summed E-state index contributed by atoms with van der Waals surface area (Å²) in [7, 11) is 0. The maximum absolute atomic E-state index is 12.4. The Hall–Kier alpha value is -1.67. The number of nitrogens with two attached hydrogens (primary N) is 1. The van der Waals surface area contributed by atoms with Gasteiger partial charge in [-0.2, -0.15) is 0 Å². The molecule has 1 saturated carbocycles. The average Bonchev–Trinajstić information content (AvgIpc) is 2.71. The largest absolute Gasteiger partial charge is 0.481 e. The average molecular weight is 442 g/mol. The summed E-state index contributed by atoms with van der Waals surface area (Å²) in [5.74, 6) is 0.975. The quantitative estimate of drug-likeness (QED) is 0.247. The summed E-state index contributed by atoms with van der Waals surface area (Å²) < 4.78 is 0. The molecule has 1 aliphatic carbocycles. The Balaban J connectivity index is 2.40. The molecule has 6 N–H and O–H groups in total. The Morgan fingerprint density at radius 2 is 1.65 bits per heavy atom. The van der Waals surface area contributed by atoms with Crippen LogP contribution in [0.4, 0.5) is 0 Å². The van der Waals surface area contributed by atoms with Crippen LogP contribution >= 0.6 is 0 Å². The number of carbonyl (C=O) groups excluding carboxylic acids is 2. The summed E-state index contributed by atoms with van der Waals surface area (Å²) in [6, 6.07) is -0.791. The predicted molar refractivity (Wildman–Crippen MR) is 120 cm³/mol.